The van der Waals surface area contributed by atoms with Crippen molar-refractivity contribution in [3.63, 3.8) is 0 Å². The molecular weight excluding hydrogens is 194 g/mol. The van der Waals surface area contributed by atoms with Crippen molar-refractivity contribution in [3.05, 3.63) is 41.6 Å². The molecule has 0 N–H and O–H groups in total. The summed E-state index contributed by atoms with van der Waals surface area (Å²) in [5.74, 6) is 1.01. The fourth-order valence-corrected chi connectivity index (χ4v) is 2.20. The molecule has 1 aliphatic rings. The third-order valence-corrected chi connectivity index (χ3v) is 3.43. The van der Waals surface area contributed by atoms with Crippen molar-refractivity contribution in [2.45, 2.75) is 32.6 Å². The molecule has 0 spiro atoms. The molecule has 0 atom stereocenters. The lowest BCUT2D eigenvalue weighted by molar-refractivity contribution is 0.727. The molecule has 82 valence electrons. The number of pyridine rings is 1. The predicted molar refractivity (Wildman–Crippen MR) is 67.5 cm³/mol. The highest BCUT2D eigenvalue weighted by molar-refractivity contribution is 5.79. The number of rotatable bonds is 3. The molecule has 0 unspecified atom stereocenters. The van der Waals surface area contributed by atoms with Gasteiger partial charge in [-0.15, -0.1) is 0 Å². The SMILES string of the molecule is Cc1ccc2ccc(CCC3CC3)cc2n1. The lowest BCUT2D eigenvalue weighted by atomic mass is 10.1. The van der Waals surface area contributed by atoms with Gasteiger partial charge in [0.25, 0.3) is 0 Å². The fraction of sp³-hybridized carbons (Fsp3) is 0.400. The quantitative estimate of drug-likeness (QED) is 0.750. The number of aromatic nitrogens is 1. The van der Waals surface area contributed by atoms with Crippen molar-refractivity contribution in [3.8, 4) is 0 Å². The van der Waals surface area contributed by atoms with Crippen LogP contribution in [0, 0.1) is 12.8 Å². The van der Waals surface area contributed by atoms with E-state index in [0.29, 0.717) is 0 Å². The van der Waals surface area contributed by atoms with Crippen molar-refractivity contribution in [1.29, 1.82) is 0 Å². The van der Waals surface area contributed by atoms with E-state index in [2.05, 4.69) is 42.2 Å². The van der Waals surface area contributed by atoms with Crippen LogP contribution in [0.5, 0.6) is 0 Å². The average Bonchev–Trinajstić information content (AvgIpc) is 3.09. The van der Waals surface area contributed by atoms with Gasteiger partial charge in [0.15, 0.2) is 0 Å². The van der Waals surface area contributed by atoms with E-state index in [9.17, 15) is 0 Å². The summed E-state index contributed by atoms with van der Waals surface area (Å²) in [5.41, 5.74) is 3.69. The largest absolute Gasteiger partial charge is 0.253 e. The van der Waals surface area contributed by atoms with Crippen LogP contribution in [-0.2, 0) is 6.42 Å². The molecule has 0 amide bonds. The van der Waals surface area contributed by atoms with Crippen LogP contribution in [0.4, 0.5) is 0 Å². The summed E-state index contributed by atoms with van der Waals surface area (Å²) >= 11 is 0. The molecule has 16 heavy (non-hydrogen) atoms. The molecule has 0 radical (unpaired) electrons. The summed E-state index contributed by atoms with van der Waals surface area (Å²) < 4.78 is 0. The lowest BCUT2D eigenvalue weighted by Gasteiger charge is -2.03. The Morgan fingerprint density at radius 1 is 1.19 bits per heavy atom. The molecule has 1 heteroatoms. The molecule has 1 saturated carbocycles. The molecule has 1 aromatic carbocycles. The monoisotopic (exact) mass is 211 g/mol. The Hall–Kier alpha value is -1.37. The van der Waals surface area contributed by atoms with E-state index in [1.807, 2.05) is 0 Å². The summed E-state index contributed by atoms with van der Waals surface area (Å²) in [7, 11) is 0. The van der Waals surface area contributed by atoms with E-state index in [4.69, 9.17) is 0 Å². The highest BCUT2D eigenvalue weighted by Crippen LogP contribution is 2.33. The molecule has 0 aliphatic heterocycles. The van der Waals surface area contributed by atoms with Crippen LogP contribution in [0.1, 0.15) is 30.5 Å². The zero-order chi connectivity index (χ0) is 11.0. The Morgan fingerprint density at radius 3 is 2.81 bits per heavy atom. The molecule has 1 nitrogen and oxygen atoms in total. The first-order valence-electron chi connectivity index (χ1n) is 6.17. The van der Waals surface area contributed by atoms with Gasteiger partial charge in [-0.2, -0.15) is 0 Å². The second kappa shape index (κ2) is 3.89. The minimum absolute atomic E-state index is 1.01. The normalized spacial score (nSPS) is 15.6. The lowest BCUT2D eigenvalue weighted by Crippen LogP contribution is -1.89. The second-order valence-corrected chi connectivity index (χ2v) is 4.96. The number of nitrogens with zero attached hydrogens (tertiary/aromatic N) is 1. The van der Waals surface area contributed by atoms with Gasteiger partial charge in [0.05, 0.1) is 5.52 Å². The van der Waals surface area contributed by atoms with Crippen molar-refractivity contribution in [2.24, 2.45) is 5.92 Å². The maximum absolute atomic E-state index is 4.58. The van der Waals surface area contributed by atoms with E-state index in [1.54, 1.807) is 0 Å². The number of aryl methyl sites for hydroxylation is 2. The van der Waals surface area contributed by atoms with Crippen LogP contribution >= 0.6 is 0 Å². The second-order valence-electron chi connectivity index (χ2n) is 4.96. The third kappa shape index (κ3) is 2.08. The minimum Gasteiger partial charge on any atom is -0.253 e. The first-order chi connectivity index (χ1) is 7.81. The maximum Gasteiger partial charge on any atom is 0.0707 e. The standard InChI is InChI=1S/C15H17N/c1-11-2-8-14-9-7-13(10-15(14)16-11)6-5-12-3-4-12/h2,7-10,12H,3-6H2,1H3. The Balaban J connectivity index is 1.87. The van der Waals surface area contributed by atoms with Crippen LogP contribution in [0.25, 0.3) is 10.9 Å². The molecule has 2 aromatic rings. The topological polar surface area (TPSA) is 12.9 Å². The first kappa shape index (κ1) is 9.83. The molecule has 1 aliphatic carbocycles. The molecule has 0 bridgehead atoms. The molecule has 1 heterocycles. The fourth-order valence-electron chi connectivity index (χ4n) is 2.20. The van der Waals surface area contributed by atoms with Crippen molar-refractivity contribution in [2.75, 3.05) is 0 Å². The van der Waals surface area contributed by atoms with E-state index in [0.717, 1.165) is 17.1 Å². The van der Waals surface area contributed by atoms with Crippen molar-refractivity contribution in [1.82, 2.24) is 4.98 Å². The van der Waals surface area contributed by atoms with Gasteiger partial charge in [-0.3, -0.25) is 4.98 Å². The van der Waals surface area contributed by atoms with E-state index in [-0.39, 0.29) is 0 Å². The number of fused-ring (bicyclic) bond motifs is 1. The summed E-state index contributed by atoms with van der Waals surface area (Å²) in [6.07, 6.45) is 5.48. The van der Waals surface area contributed by atoms with Gasteiger partial charge in [0.2, 0.25) is 0 Å². The summed E-state index contributed by atoms with van der Waals surface area (Å²) in [5, 5.41) is 1.25. The van der Waals surface area contributed by atoms with Gasteiger partial charge < -0.3 is 0 Å². The van der Waals surface area contributed by atoms with Crippen LogP contribution in [-0.4, -0.2) is 4.98 Å². The summed E-state index contributed by atoms with van der Waals surface area (Å²) in [6, 6.07) is 10.9. The molecule has 1 fully saturated rings. The predicted octanol–water partition coefficient (Wildman–Crippen LogP) is 3.89. The summed E-state index contributed by atoms with van der Waals surface area (Å²) in [6.45, 7) is 2.05. The van der Waals surface area contributed by atoms with Crippen LogP contribution < -0.4 is 0 Å². The molecule has 0 saturated heterocycles. The Morgan fingerprint density at radius 2 is 2.00 bits per heavy atom. The Labute approximate surface area is 96.5 Å². The van der Waals surface area contributed by atoms with Gasteiger partial charge in [0, 0.05) is 11.1 Å². The van der Waals surface area contributed by atoms with Crippen molar-refractivity contribution < 1.29 is 0 Å². The van der Waals surface area contributed by atoms with Crippen LogP contribution in [0.15, 0.2) is 30.3 Å². The smallest absolute Gasteiger partial charge is 0.0707 e. The summed E-state index contributed by atoms with van der Waals surface area (Å²) in [4.78, 5) is 4.58. The molecule has 1 aromatic heterocycles. The number of hydrogen-bond donors (Lipinski definition) is 0. The van der Waals surface area contributed by atoms with Crippen molar-refractivity contribution >= 4 is 10.9 Å². The van der Waals surface area contributed by atoms with Gasteiger partial charge in [-0.25, -0.2) is 0 Å². The number of hydrogen-bond acceptors (Lipinski definition) is 1. The molecular formula is C15H17N. The zero-order valence-electron chi connectivity index (χ0n) is 9.74. The highest BCUT2D eigenvalue weighted by Gasteiger charge is 2.20. The van der Waals surface area contributed by atoms with E-state index >= 15 is 0 Å². The average molecular weight is 211 g/mol. The number of benzene rings is 1. The third-order valence-electron chi connectivity index (χ3n) is 3.43. The Bertz CT molecular complexity index is 512. The van der Waals surface area contributed by atoms with Gasteiger partial charge in [0.1, 0.15) is 0 Å². The van der Waals surface area contributed by atoms with Crippen LogP contribution in [0.2, 0.25) is 0 Å². The first-order valence-corrected chi connectivity index (χ1v) is 6.17. The van der Waals surface area contributed by atoms with E-state index in [1.165, 1.54) is 36.6 Å². The highest BCUT2D eigenvalue weighted by atomic mass is 14.7. The van der Waals surface area contributed by atoms with Gasteiger partial charge >= 0.3 is 0 Å². The molecule has 3 rings (SSSR count). The van der Waals surface area contributed by atoms with Gasteiger partial charge in [-0.1, -0.05) is 31.0 Å². The van der Waals surface area contributed by atoms with Crippen LogP contribution in [0.3, 0.4) is 0 Å². The maximum atomic E-state index is 4.58. The Kier molecular flexibility index (Phi) is 2.39. The van der Waals surface area contributed by atoms with Gasteiger partial charge in [-0.05, 0) is 43.4 Å². The minimum atomic E-state index is 1.01. The van der Waals surface area contributed by atoms with E-state index < -0.39 is 0 Å². The zero-order valence-corrected chi connectivity index (χ0v) is 9.74.